The van der Waals surface area contributed by atoms with E-state index in [9.17, 15) is 14.7 Å². The van der Waals surface area contributed by atoms with Crippen LogP contribution >= 0.6 is 0 Å². The maximum atomic E-state index is 12.5. The molecule has 0 saturated carbocycles. The smallest absolute Gasteiger partial charge is 0.320 e. The molecule has 3 unspecified atom stereocenters. The zero-order valence-electron chi connectivity index (χ0n) is 11.3. The highest BCUT2D eigenvalue weighted by atomic mass is 16.4. The number of carbonyl (C=O) groups is 2. The first-order valence-corrected chi connectivity index (χ1v) is 7.01. The van der Waals surface area contributed by atoms with E-state index in [0.717, 1.165) is 19.3 Å². The Balaban J connectivity index is 2.09. The third-order valence-corrected chi connectivity index (χ3v) is 4.21. The van der Waals surface area contributed by atoms with Gasteiger partial charge in [0.25, 0.3) is 0 Å². The van der Waals surface area contributed by atoms with Gasteiger partial charge in [-0.3, -0.25) is 4.79 Å². The molecule has 2 heterocycles. The van der Waals surface area contributed by atoms with Gasteiger partial charge in [-0.25, -0.2) is 4.79 Å². The Kier molecular flexibility index (Phi) is 4.29. The first-order valence-electron chi connectivity index (χ1n) is 7.01. The lowest BCUT2D eigenvalue weighted by Gasteiger charge is -2.30. The first-order chi connectivity index (χ1) is 9.10. The highest BCUT2D eigenvalue weighted by Crippen LogP contribution is 2.42. The largest absolute Gasteiger partial charge is 0.481 e. The molecule has 2 saturated heterocycles. The van der Waals surface area contributed by atoms with Gasteiger partial charge in [0, 0.05) is 25.2 Å². The predicted octanol–water partition coefficient (Wildman–Crippen LogP) is 0.748. The number of aliphatic hydroxyl groups is 1. The van der Waals surface area contributed by atoms with Crippen molar-refractivity contribution < 1.29 is 19.8 Å². The second-order valence-corrected chi connectivity index (χ2v) is 5.38. The van der Waals surface area contributed by atoms with Crippen molar-refractivity contribution in [3.63, 3.8) is 0 Å². The van der Waals surface area contributed by atoms with Crippen molar-refractivity contribution in [2.75, 3.05) is 19.7 Å². The second-order valence-electron chi connectivity index (χ2n) is 5.38. The number of hydrogen-bond acceptors (Lipinski definition) is 3. The SMILES string of the molecule is CCCN(CCO)C(=O)N1C2CCC1C(C(=O)O)C2. The zero-order valence-corrected chi connectivity index (χ0v) is 11.3. The molecule has 2 rings (SSSR count). The molecule has 19 heavy (non-hydrogen) atoms. The Hall–Kier alpha value is -1.30. The number of rotatable bonds is 5. The molecular weight excluding hydrogens is 248 g/mol. The normalized spacial score (nSPS) is 28.7. The van der Waals surface area contributed by atoms with Crippen LogP contribution in [0.4, 0.5) is 4.79 Å². The van der Waals surface area contributed by atoms with E-state index in [1.54, 1.807) is 9.80 Å². The van der Waals surface area contributed by atoms with Crippen LogP contribution in [0, 0.1) is 5.92 Å². The lowest BCUT2D eigenvalue weighted by molar-refractivity contribution is -0.142. The van der Waals surface area contributed by atoms with Gasteiger partial charge < -0.3 is 20.0 Å². The van der Waals surface area contributed by atoms with Gasteiger partial charge in [-0.1, -0.05) is 6.92 Å². The molecule has 108 valence electrons. The molecule has 2 bridgehead atoms. The number of fused-ring (bicyclic) bond motifs is 2. The summed E-state index contributed by atoms with van der Waals surface area (Å²) in [6, 6.07) is -0.197. The molecule has 2 N–H and O–H groups in total. The van der Waals surface area contributed by atoms with Crippen LogP contribution in [0.1, 0.15) is 32.6 Å². The van der Waals surface area contributed by atoms with Crippen molar-refractivity contribution in [3.05, 3.63) is 0 Å². The lowest BCUT2D eigenvalue weighted by atomic mass is 9.89. The number of hydrogen-bond donors (Lipinski definition) is 2. The highest BCUT2D eigenvalue weighted by molar-refractivity contribution is 5.79. The van der Waals surface area contributed by atoms with Gasteiger partial charge >= 0.3 is 12.0 Å². The molecule has 0 aromatic carbocycles. The monoisotopic (exact) mass is 270 g/mol. The summed E-state index contributed by atoms with van der Waals surface area (Å²) in [7, 11) is 0. The molecule has 3 atom stereocenters. The van der Waals surface area contributed by atoms with Crippen molar-refractivity contribution in [2.24, 2.45) is 5.92 Å². The standard InChI is InChI=1S/C13H22N2O4/c1-2-5-14(6-7-16)13(19)15-9-3-4-11(15)10(8-9)12(17)18/h9-11,16H,2-8H2,1H3,(H,17,18). The minimum absolute atomic E-state index is 0.0583. The minimum atomic E-state index is -0.797. The van der Waals surface area contributed by atoms with Gasteiger partial charge in [-0.15, -0.1) is 0 Å². The summed E-state index contributed by atoms with van der Waals surface area (Å²) < 4.78 is 0. The van der Waals surface area contributed by atoms with Crippen LogP contribution in [-0.2, 0) is 4.79 Å². The minimum Gasteiger partial charge on any atom is -0.481 e. The molecule has 6 nitrogen and oxygen atoms in total. The van der Waals surface area contributed by atoms with Gasteiger partial charge in [-0.05, 0) is 25.7 Å². The Morgan fingerprint density at radius 1 is 1.32 bits per heavy atom. The molecule has 2 amide bonds. The third kappa shape index (κ3) is 2.54. The zero-order chi connectivity index (χ0) is 14.0. The van der Waals surface area contributed by atoms with Crippen LogP contribution < -0.4 is 0 Å². The summed E-state index contributed by atoms with van der Waals surface area (Å²) in [4.78, 5) is 27.1. The summed E-state index contributed by atoms with van der Waals surface area (Å²) in [6.07, 6.45) is 3.09. The highest BCUT2D eigenvalue weighted by Gasteiger charge is 2.52. The van der Waals surface area contributed by atoms with Crippen LogP contribution in [-0.4, -0.2) is 63.8 Å². The Morgan fingerprint density at radius 3 is 2.58 bits per heavy atom. The average molecular weight is 270 g/mol. The summed E-state index contributed by atoms with van der Waals surface area (Å²) >= 11 is 0. The summed E-state index contributed by atoms with van der Waals surface area (Å²) in [5.41, 5.74) is 0. The Labute approximate surface area is 113 Å². The molecule has 2 aliphatic rings. The fraction of sp³-hybridized carbons (Fsp3) is 0.846. The van der Waals surface area contributed by atoms with E-state index in [1.165, 1.54) is 0 Å². The number of aliphatic carboxylic acids is 1. The van der Waals surface area contributed by atoms with E-state index in [1.807, 2.05) is 6.92 Å². The number of amides is 2. The quantitative estimate of drug-likeness (QED) is 0.772. The van der Waals surface area contributed by atoms with Crippen molar-refractivity contribution in [1.82, 2.24) is 9.80 Å². The molecule has 2 fully saturated rings. The topological polar surface area (TPSA) is 81.1 Å². The van der Waals surface area contributed by atoms with E-state index in [4.69, 9.17) is 5.11 Å². The molecule has 0 spiro atoms. The van der Waals surface area contributed by atoms with E-state index < -0.39 is 11.9 Å². The van der Waals surface area contributed by atoms with Gasteiger partial charge in [0.1, 0.15) is 0 Å². The first kappa shape index (κ1) is 14.1. The van der Waals surface area contributed by atoms with Crippen LogP contribution in [0.3, 0.4) is 0 Å². The van der Waals surface area contributed by atoms with Crippen LogP contribution in [0.15, 0.2) is 0 Å². The van der Waals surface area contributed by atoms with Gasteiger partial charge in [0.2, 0.25) is 0 Å². The number of urea groups is 1. The third-order valence-electron chi connectivity index (χ3n) is 4.21. The lowest BCUT2D eigenvalue weighted by Crippen LogP contribution is -2.47. The summed E-state index contributed by atoms with van der Waals surface area (Å²) in [5, 5.41) is 18.2. The molecular formula is C13H22N2O4. The molecule has 0 aliphatic carbocycles. The maximum Gasteiger partial charge on any atom is 0.320 e. The Bertz CT molecular complexity index is 355. The van der Waals surface area contributed by atoms with Crippen molar-refractivity contribution in [3.8, 4) is 0 Å². The maximum absolute atomic E-state index is 12.5. The Morgan fingerprint density at radius 2 is 2.05 bits per heavy atom. The molecule has 0 aromatic heterocycles. The fourth-order valence-electron chi connectivity index (χ4n) is 3.41. The molecule has 0 aromatic rings. The summed E-state index contributed by atoms with van der Waals surface area (Å²) in [5.74, 6) is -1.21. The second kappa shape index (κ2) is 5.77. The van der Waals surface area contributed by atoms with Crippen LogP contribution in [0.5, 0.6) is 0 Å². The number of carbonyl (C=O) groups excluding carboxylic acids is 1. The van der Waals surface area contributed by atoms with Crippen molar-refractivity contribution in [2.45, 2.75) is 44.7 Å². The van der Waals surface area contributed by atoms with Crippen LogP contribution in [0.2, 0.25) is 0 Å². The van der Waals surface area contributed by atoms with E-state index in [0.29, 0.717) is 19.5 Å². The number of aliphatic hydroxyl groups excluding tert-OH is 1. The van der Waals surface area contributed by atoms with Crippen LogP contribution in [0.25, 0.3) is 0 Å². The number of nitrogens with zero attached hydrogens (tertiary/aromatic N) is 2. The number of carboxylic acids is 1. The van der Waals surface area contributed by atoms with E-state index in [2.05, 4.69) is 0 Å². The number of carboxylic acid groups (broad SMARTS) is 1. The van der Waals surface area contributed by atoms with Gasteiger partial charge in [0.05, 0.1) is 12.5 Å². The molecule has 0 radical (unpaired) electrons. The van der Waals surface area contributed by atoms with Crippen molar-refractivity contribution in [1.29, 1.82) is 0 Å². The molecule has 6 heteroatoms. The van der Waals surface area contributed by atoms with Gasteiger partial charge in [0.15, 0.2) is 0 Å². The molecule has 2 aliphatic heterocycles. The van der Waals surface area contributed by atoms with E-state index >= 15 is 0 Å². The van der Waals surface area contributed by atoms with E-state index in [-0.39, 0.29) is 24.7 Å². The summed E-state index contributed by atoms with van der Waals surface area (Å²) in [6.45, 7) is 2.85. The predicted molar refractivity (Wildman–Crippen MR) is 68.7 cm³/mol. The fourth-order valence-corrected chi connectivity index (χ4v) is 3.41. The van der Waals surface area contributed by atoms with Gasteiger partial charge in [-0.2, -0.15) is 0 Å². The average Bonchev–Trinajstić information content (AvgIpc) is 2.95. The van der Waals surface area contributed by atoms with Crippen molar-refractivity contribution >= 4 is 12.0 Å².